The van der Waals surface area contributed by atoms with Crippen LogP contribution in [-0.4, -0.2) is 35.2 Å². The summed E-state index contributed by atoms with van der Waals surface area (Å²) >= 11 is 0. The van der Waals surface area contributed by atoms with E-state index in [9.17, 15) is 4.79 Å². The van der Waals surface area contributed by atoms with Crippen molar-refractivity contribution in [2.45, 2.75) is 12.5 Å². The molecule has 0 atom stereocenters. The van der Waals surface area contributed by atoms with E-state index >= 15 is 0 Å². The number of benzene rings is 2. The molecule has 132 valence electrons. The van der Waals surface area contributed by atoms with Crippen LogP contribution in [0.2, 0.25) is 6.04 Å². The average Bonchev–Trinajstić information content (AvgIpc) is 2.69. The van der Waals surface area contributed by atoms with Crippen LogP contribution in [0.5, 0.6) is 0 Å². The summed E-state index contributed by atoms with van der Waals surface area (Å²) in [6, 6.07) is 18.2. The second kappa shape index (κ2) is 9.32. The molecule has 25 heavy (non-hydrogen) atoms. The van der Waals surface area contributed by atoms with E-state index in [2.05, 4.69) is 11.9 Å². The van der Waals surface area contributed by atoms with Crippen molar-refractivity contribution in [1.29, 1.82) is 0 Å². The van der Waals surface area contributed by atoms with E-state index in [1.165, 1.54) is 0 Å². The summed E-state index contributed by atoms with van der Waals surface area (Å²) < 4.78 is 11.6. The molecular formula is C20H25NO3Si. The lowest BCUT2D eigenvalue weighted by Crippen LogP contribution is -2.52. The van der Waals surface area contributed by atoms with Gasteiger partial charge in [0.2, 0.25) is 0 Å². The summed E-state index contributed by atoms with van der Waals surface area (Å²) in [5.74, 6) is -0.0718. The maximum absolute atomic E-state index is 12.2. The zero-order chi connectivity index (χ0) is 18.1. The van der Waals surface area contributed by atoms with Crippen LogP contribution in [0.15, 0.2) is 61.2 Å². The van der Waals surface area contributed by atoms with Gasteiger partial charge in [-0.3, -0.25) is 4.79 Å². The standard InChI is InChI=1S/C20H25NO3Si/c1-4-17-11-13-18(14-12-17)20(22)21-15-8-16-25(23-2,24-3)19-9-6-5-7-10-19/h4-7,9-14H,1,8,15-16H2,2-3H3,(H,21,22). The van der Waals surface area contributed by atoms with Crippen LogP contribution in [-0.2, 0) is 8.85 Å². The van der Waals surface area contributed by atoms with Gasteiger partial charge in [0, 0.05) is 26.3 Å². The Morgan fingerprint density at radius 2 is 1.72 bits per heavy atom. The molecule has 0 saturated carbocycles. The van der Waals surface area contributed by atoms with Crippen LogP contribution in [0.4, 0.5) is 0 Å². The smallest absolute Gasteiger partial charge is 0.372 e. The topological polar surface area (TPSA) is 47.6 Å². The second-order valence-corrected chi connectivity index (χ2v) is 9.11. The van der Waals surface area contributed by atoms with E-state index in [4.69, 9.17) is 8.85 Å². The van der Waals surface area contributed by atoms with E-state index in [0.717, 1.165) is 23.2 Å². The predicted octanol–water partition coefficient (Wildman–Crippen LogP) is 3.09. The van der Waals surface area contributed by atoms with Gasteiger partial charge in [0.15, 0.2) is 0 Å². The highest BCUT2D eigenvalue weighted by Gasteiger charge is 2.37. The molecule has 0 bridgehead atoms. The molecule has 2 rings (SSSR count). The lowest BCUT2D eigenvalue weighted by Gasteiger charge is -2.27. The molecule has 5 heteroatoms. The number of hydrogen-bond acceptors (Lipinski definition) is 3. The van der Waals surface area contributed by atoms with Gasteiger partial charge < -0.3 is 14.2 Å². The second-order valence-electron chi connectivity index (χ2n) is 5.71. The monoisotopic (exact) mass is 355 g/mol. The minimum atomic E-state index is -2.45. The fourth-order valence-electron chi connectivity index (χ4n) is 2.76. The fraction of sp³-hybridized carbons (Fsp3) is 0.250. The third-order valence-corrected chi connectivity index (χ3v) is 7.79. The Hall–Kier alpha value is -2.21. The predicted molar refractivity (Wildman–Crippen MR) is 104 cm³/mol. The molecule has 0 aromatic heterocycles. The maximum atomic E-state index is 12.2. The van der Waals surface area contributed by atoms with Crippen molar-refractivity contribution in [3.63, 3.8) is 0 Å². The first-order valence-corrected chi connectivity index (χ1v) is 10.3. The molecule has 0 saturated heterocycles. The highest BCUT2D eigenvalue weighted by molar-refractivity contribution is 6.81. The van der Waals surface area contributed by atoms with Gasteiger partial charge in [-0.2, -0.15) is 0 Å². The first kappa shape index (κ1) is 19.1. The van der Waals surface area contributed by atoms with Gasteiger partial charge in [0.25, 0.3) is 5.91 Å². The Kier molecular flexibility index (Phi) is 7.12. The molecule has 0 aliphatic heterocycles. The highest BCUT2D eigenvalue weighted by atomic mass is 28.4. The van der Waals surface area contributed by atoms with Crippen LogP contribution >= 0.6 is 0 Å². The van der Waals surface area contributed by atoms with Gasteiger partial charge in [-0.1, -0.05) is 55.1 Å². The largest absolute Gasteiger partial charge is 0.394 e. The van der Waals surface area contributed by atoms with Crippen LogP contribution in [0.1, 0.15) is 22.3 Å². The number of amides is 1. The molecule has 0 aliphatic carbocycles. The molecule has 2 aromatic rings. The van der Waals surface area contributed by atoms with Gasteiger partial charge in [0.1, 0.15) is 0 Å². The zero-order valence-corrected chi connectivity index (χ0v) is 15.8. The summed E-state index contributed by atoms with van der Waals surface area (Å²) in [7, 11) is 0.948. The Morgan fingerprint density at radius 3 is 2.28 bits per heavy atom. The first-order valence-electron chi connectivity index (χ1n) is 8.31. The molecule has 0 radical (unpaired) electrons. The summed E-state index contributed by atoms with van der Waals surface area (Å²) in [6.07, 6.45) is 2.55. The highest BCUT2D eigenvalue weighted by Crippen LogP contribution is 2.14. The number of hydrogen-bond donors (Lipinski definition) is 1. The first-order chi connectivity index (χ1) is 12.1. The average molecular weight is 356 g/mol. The Labute approximate surface area is 150 Å². The molecule has 1 amide bonds. The van der Waals surface area contributed by atoms with Gasteiger partial charge in [0.05, 0.1) is 0 Å². The minimum absolute atomic E-state index is 0.0718. The number of carbonyl (C=O) groups is 1. The van der Waals surface area contributed by atoms with Gasteiger partial charge in [-0.15, -0.1) is 0 Å². The van der Waals surface area contributed by atoms with Crippen molar-refractivity contribution in [1.82, 2.24) is 5.32 Å². The lowest BCUT2D eigenvalue weighted by atomic mass is 10.1. The molecule has 1 N–H and O–H groups in total. The maximum Gasteiger partial charge on any atom is 0.372 e. The van der Waals surface area contributed by atoms with Crippen molar-refractivity contribution in [2.24, 2.45) is 0 Å². The van der Waals surface area contributed by atoms with Crippen LogP contribution in [0.3, 0.4) is 0 Å². The molecule has 0 fully saturated rings. The fourth-order valence-corrected chi connectivity index (χ4v) is 5.43. The molecule has 2 aromatic carbocycles. The Bertz CT molecular complexity index is 682. The minimum Gasteiger partial charge on any atom is -0.394 e. The normalized spacial score (nSPS) is 11.1. The van der Waals surface area contributed by atoms with E-state index in [1.54, 1.807) is 32.4 Å². The van der Waals surface area contributed by atoms with Crippen molar-refractivity contribution >= 4 is 25.7 Å². The van der Waals surface area contributed by atoms with Crippen molar-refractivity contribution in [2.75, 3.05) is 20.8 Å². The summed E-state index contributed by atoms with van der Waals surface area (Å²) in [5.41, 5.74) is 1.64. The molecule has 4 nitrogen and oxygen atoms in total. The van der Waals surface area contributed by atoms with Gasteiger partial charge in [-0.25, -0.2) is 0 Å². The number of rotatable bonds is 9. The third kappa shape index (κ3) is 4.89. The summed E-state index contributed by atoms with van der Waals surface area (Å²) in [6.45, 7) is 4.29. The molecule has 0 unspecified atom stereocenters. The van der Waals surface area contributed by atoms with Crippen molar-refractivity contribution in [3.8, 4) is 0 Å². The molecular weight excluding hydrogens is 330 g/mol. The molecule has 0 heterocycles. The van der Waals surface area contributed by atoms with E-state index < -0.39 is 8.56 Å². The zero-order valence-electron chi connectivity index (χ0n) is 14.8. The van der Waals surface area contributed by atoms with Crippen molar-refractivity contribution in [3.05, 3.63) is 72.3 Å². The Balaban J connectivity index is 1.89. The van der Waals surface area contributed by atoms with E-state index in [1.807, 2.05) is 42.5 Å². The van der Waals surface area contributed by atoms with E-state index in [0.29, 0.717) is 12.1 Å². The lowest BCUT2D eigenvalue weighted by molar-refractivity contribution is 0.0953. The van der Waals surface area contributed by atoms with Crippen LogP contribution in [0, 0.1) is 0 Å². The quantitative estimate of drug-likeness (QED) is 0.555. The molecule has 0 spiro atoms. The van der Waals surface area contributed by atoms with E-state index in [-0.39, 0.29) is 5.91 Å². The van der Waals surface area contributed by atoms with Gasteiger partial charge >= 0.3 is 8.56 Å². The van der Waals surface area contributed by atoms with Gasteiger partial charge in [-0.05, 0) is 35.3 Å². The Morgan fingerprint density at radius 1 is 1.08 bits per heavy atom. The summed E-state index contributed by atoms with van der Waals surface area (Å²) in [4.78, 5) is 12.2. The van der Waals surface area contributed by atoms with Crippen LogP contribution < -0.4 is 10.5 Å². The molecule has 0 aliphatic rings. The number of carbonyl (C=O) groups excluding carboxylic acids is 1. The third-order valence-electron chi connectivity index (χ3n) is 4.25. The van der Waals surface area contributed by atoms with Crippen LogP contribution in [0.25, 0.3) is 6.08 Å². The summed E-state index contributed by atoms with van der Waals surface area (Å²) in [5, 5.41) is 4.06. The number of nitrogens with one attached hydrogen (secondary N) is 1. The van der Waals surface area contributed by atoms with Crippen molar-refractivity contribution < 1.29 is 13.6 Å². The SMILES string of the molecule is C=Cc1ccc(C(=O)NCCC[Si](OC)(OC)c2ccccc2)cc1.